The molecule has 0 aliphatic carbocycles. The molecule has 0 saturated heterocycles. The molecular formula is C9H13N5. The highest BCUT2D eigenvalue weighted by molar-refractivity contribution is 5.68. The minimum absolute atomic E-state index is 0.739. The van der Waals surface area contributed by atoms with Gasteiger partial charge in [-0.3, -0.25) is 0 Å². The maximum Gasteiger partial charge on any atom is 0.180 e. The normalized spacial score (nSPS) is 10.9. The summed E-state index contributed by atoms with van der Waals surface area (Å²) in [4.78, 5) is 12.2. The molecule has 2 N–H and O–H groups in total. The molecule has 0 unspecified atom stereocenters. The van der Waals surface area contributed by atoms with Crippen LogP contribution in [0.25, 0.3) is 11.2 Å². The van der Waals surface area contributed by atoms with Crippen LogP contribution in [0, 0.1) is 0 Å². The first-order chi connectivity index (χ1) is 6.92. The van der Waals surface area contributed by atoms with Crippen LogP contribution in [0.2, 0.25) is 0 Å². The molecule has 0 aliphatic heterocycles. The molecule has 0 radical (unpaired) electrons. The maximum absolute atomic E-state index is 5.43. The zero-order valence-corrected chi connectivity index (χ0v) is 7.93. The molecule has 2 heterocycles. The molecular weight excluding hydrogens is 178 g/mol. The highest BCUT2D eigenvalue weighted by Crippen LogP contribution is 2.08. The van der Waals surface area contributed by atoms with E-state index in [-0.39, 0.29) is 0 Å². The van der Waals surface area contributed by atoms with Crippen molar-refractivity contribution in [2.24, 2.45) is 5.73 Å². The Labute approximate surface area is 82.0 Å². The van der Waals surface area contributed by atoms with Gasteiger partial charge in [0, 0.05) is 6.54 Å². The number of fused-ring (bicyclic) bond motifs is 1. The van der Waals surface area contributed by atoms with Gasteiger partial charge in [-0.1, -0.05) is 0 Å². The van der Waals surface area contributed by atoms with Crippen molar-refractivity contribution in [2.45, 2.75) is 19.4 Å². The van der Waals surface area contributed by atoms with Gasteiger partial charge in [0.05, 0.1) is 12.5 Å². The van der Waals surface area contributed by atoms with Crippen LogP contribution in [0.4, 0.5) is 0 Å². The summed E-state index contributed by atoms with van der Waals surface area (Å²) in [6, 6.07) is 0. The maximum atomic E-state index is 5.43. The molecule has 0 aromatic carbocycles. The van der Waals surface area contributed by atoms with E-state index in [0.29, 0.717) is 0 Å². The van der Waals surface area contributed by atoms with Crippen molar-refractivity contribution in [2.75, 3.05) is 6.54 Å². The van der Waals surface area contributed by atoms with E-state index >= 15 is 0 Å². The lowest BCUT2D eigenvalue weighted by Gasteiger charge is -2.01. The molecule has 2 rings (SSSR count). The Hall–Kier alpha value is -1.49. The SMILES string of the molecule is NCCCCn1cnc2ncncc21. The summed E-state index contributed by atoms with van der Waals surface area (Å²) < 4.78 is 2.06. The fourth-order valence-corrected chi connectivity index (χ4v) is 1.41. The third kappa shape index (κ3) is 1.72. The number of aromatic nitrogens is 4. The number of rotatable bonds is 4. The summed E-state index contributed by atoms with van der Waals surface area (Å²) in [7, 11) is 0. The number of aryl methyl sites for hydroxylation is 1. The molecule has 74 valence electrons. The lowest BCUT2D eigenvalue weighted by molar-refractivity contribution is 0.626. The largest absolute Gasteiger partial charge is 0.330 e. The summed E-state index contributed by atoms with van der Waals surface area (Å²) in [5.74, 6) is 0. The number of nitrogens with zero attached hydrogens (tertiary/aromatic N) is 4. The predicted molar refractivity (Wildman–Crippen MR) is 53.6 cm³/mol. The fourth-order valence-electron chi connectivity index (χ4n) is 1.41. The second kappa shape index (κ2) is 4.15. The Bertz CT molecular complexity index is 408. The molecule has 0 atom stereocenters. The quantitative estimate of drug-likeness (QED) is 0.717. The number of nitrogens with two attached hydrogens (primary N) is 1. The molecule has 2 aromatic rings. The molecule has 0 bridgehead atoms. The van der Waals surface area contributed by atoms with Crippen molar-refractivity contribution in [3.63, 3.8) is 0 Å². The van der Waals surface area contributed by atoms with Crippen molar-refractivity contribution < 1.29 is 0 Å². The zero-order chi connectivity index (χ0) is 9.80. The standard InChI is InChI=1S/C9H13N5/c10-3-1-2-4-14-7-13-9-8(14)5-11-6-12-9/h5-7H,1-4,10H2. The third-order valence-electron chi connectivity index (χ3n) is 2.15. The van der Waals surface area contributed by atoms with E-state index in [1.54, 1.807) is 12.5 Å². The lowest BCUT2D eigenvalue weighted by atomic mass is 10.3. The van der Waals surface area contributed by atoms with Gasteiger partial charge >= 0.3 is 0 Å². The summed E-state index contributed by atoms with van der Waals surface area (Å²) in [6.07, 6.45) is 7.21. The van der Waals surface area contributed by atoms with E-state index in [0.717, 1.165) is 37.1 Å². The van der Waals surface area contributed by atoms with Crippen molar-refractivity contribution in [3.05, 3.63) is 18.9 Å². The second-order valence-corrected chi connectivity index (χ2v) is 3.17. The van der Waals surface area contributed by atoms with Crippen LogP contribution in [0.1, 0.15) is 12.8 Å². The summed E-state index contributed by atoms with van der Waals surface area (Å²) in [5, 5.41) is 0. The van der Waals surface area contributed by atoms with Gasteiger partial charge in [-0.2, -0.15) is 0 Å². The van der Waals surface area contributed by atoms with Gasteiger partial charge in [0.1, 0.15) is 11.8 Å². The highest BCUT2D eigenvalue weighted by atomic mass is 15.1. The van der Waals surface area contributed by atoms with E-state index in [1.165, 1.54) is 6.33 Å². The average molecular weight is 191 g/mol. The molecule has 5 nitrogen and oxygen atoms in total. The Balaban J connectivity index is 2.17. The van der Waals surface area contributed by atoms with Crippen molar-refractivity contribution in [1.29, 1.82) is 0 Å². The van der Waals surface area contributed by atoms with E-state index in [4.69, 9.17) is 5.73 Å². The molecule has 0 fully saturated rings. The zero-order valence-electron chi connectivity index (χ0n) is 7.93. The number of hydrogen-bond acceptors (Lipinski definition) is 4. The Kier molecular flexibility index (Phi) is 2.69. The fraction of sp³-hybridized carbons (Fsp3) is 0.444. The van der Waals surface area contributed by atoms with Gasteiger partial charge in [-0.05, 0) is 19.4 Å². The first-order valence-corrected chi connectivity index (χ1v) is 4.72. The van der Waals surface area contributed by atoms with Gasteiger partial charge < -0.3 is 10.3 Å². The Morgan fingerprint density at radius 1 is 1.29 bits per heavy atom. The average Bonchev–Trinajstić information content (AvgIpc) is 2.63. The van der Waals surface area contributed by atoms with Gasteiger partial charge in [0.15, 0.2) is 5.65 Å². The van der Waals surface area contributed by atoms with Gasteiger partial charge in [-0.25, -0.2) is 15.0 Å². The van der Waals surface area contributed by atoms with E-state index in [9.17, 15) is 0 Å². The van der Waals surface area contributed by atoms with Gasteiger partial charge in [-0.15, -0.1) is 0 Å². The number of hydrogen-bond donors (Lipinski definition) is 1. The van der Waals surface area contributed by atoms with Crippen molar-refractivity contribution in [1.82, 2.24) is 19.5 Å². The summed E-state index contributed by atoms with van der Waals surface area (Å²) >= 11 is 0. The lowest BCUT2D eigenvalue weighted by Crippen LogP contribution is -2.02. The summed E-state index contributed by atoms with van der Waals surface area (Å²) in [5.41, 5.74) is 7.18. The van der Waals surface area contributed by atoms with Gasteiger partial charge in [0.25, 0.3) is 0 Å². The minimum Gasteiger partial charge on any atom is -0.330 e. The topological polar surface area (TPSA) is 69.6 Å². The van der Waals surface area contributed by atoms with Crippen LogP contribution in [0.5, 0.6) is 0 Å². The Morgan fingerprint density at radius 2 is 2.21 bits per heavy atom. The second-order valence-electron chi connectivity index (χ2n) is 3.17. The van der Waals surface area contributed by atoms with Crippen LogP contribution >= 0.6 is 0 Å². The van der Waals surface area contributed by atoms with Crippen LogP contribution in [0.3, 0.4) is 0 Å². The van der Waals surface area contributed by atoms with Crippen LogP contribution < -0.4 is 5.73 Å². The minimum atomic E-state index is 0.739. The first-order valence-electron chi connectivity index (χ1n) is 4.72. The molecule has 0 amide bonds. The molecule has 2 aromatic heterocycles. The summed E-state index contributed by atoms with van der Waals surface area (Å²) in [6.45, 7) is 1.67. The van der Waals surface area contributed by atoms with E-state index < -0.39 is 0 Å². The molecule has 14 heavy (non-hydrogen) atoms. The highest BCUT2D eigenvalue weighted by Gasteiger charge is 2.01. The third-order valence-corrected chi connectivity index (χ3v) is 2.15. The van der Waals surface area contributed by atoms with E-state index in [2.05, 4.69) is 19.5 Å². The van der Waals surface area contributed by atoms with Crippen LogP contribution in [-0.2, 0) is 6.54 Å². The number of imidazole rings is 1. The molecule has 5 heteroatoms. The van der Waals surface area contributed by atoms with Crippen molar-refractivity contribution in [3.8, 4) is 0 Å². The first kappa shape index (κ1) is 9.08. The molecule has 0 aliphatic rings. The molecule has 0 spiro atoms. The van der Waals surface area contributed by atoms with E-state index in [1.807, 2.05) is 0 Å². The monoisotopic (exact) mass is 191 g/mol. The van der Waals surface area contributed by atoms with Crippen LogP contribution in [-0.4, -0.2) is 26.1 Å². The smallest absolute Gasteiger partial charge is 0.180 e. The van der Waals surface area contributed by atoms with Gasteiger partial charge in [0.2, 0.25) is 0 Å². The predicted octanol–water partition coefficient (Wildman–Crippen LogP) is 0.565. The van der Waals surface area contributed by atoms with Crippen molar-refractivity contribution >= 4 is 11.2 Å². The molecule has 0 saturated carbocycles. The number of unbranched alkanes of at least 4 members (excludes halogenated alkanes) is 1. The Morgan fingerprint density at radius 3 is 3.07 bits per heavy atom. The van der Waals surface area contributed by atoms with Crippen LogP contribution in [0.15, 0.2) is 18.9 Å².